The van der Waals surface area contributed by atoms with E-state index < -0.39 is 22.0 Å². The number of ether oxygens (including phenoxy) is 1. The van der Waals surface area contributed by atoms with E-state index in [9.17, 15) is 13.2 Å². The van der Waals surface area contributed by atoms with Gasteiger partial charge in [-0.1, -0.05) is 60.7 Å². The molecule has 0 radical (unpaired) electrons. The van der Waals surface area contributed by atoms with Crippen LogP contribution in [-0.2, 0) is 14.8 Å². The molecule has 1 unspecified atom stereocenters. The van der Waals surface area contributed by atoms with Gasteiger partial charge in [0, 0.05) is 0 Å². The van der Waals surface area contributed by atoms with E-state index in [1.54, 1.807) is 12.1 Å². The van der Waals surface area contributed by atoms with Crippen LogP contribution in [-0.4, -0.2) is 33.7 Å². The summed E-state index contributed by atoms with van der Waals surface area (Å²) in [6.07, 6.45) is 1.11. The number of para-hydroxylation sites is 1. The van der Waals surface area contributed by atoms with Crippen LogP contribution in [0.15, 0.2) is 78.9 Å². The Bertz CT molecular complexity index is 1150. The Labute approximate surface area is 189 Å². The number of hydrogen-bond acceptors (Lipinski definition) is 4. The molecule has 32 heavy (non-hydrogen) atoms. The number of carbonyl (C=O) groups excluding carboxylic acids is 1. The van der Waals surface area contributed by atoms with Gasteiger partial charge >= 0.3 is 0 Å². The zero-order valence-corrected chi connectivity index (χ0v) is 19.3. The molecule has 1 N–H and O–H groups in total. The normalized spacial score (nSPS) is 12.1. The van der Waals surface area contributed by atoms with E-state index in [2.05, 4.69) is 5.32 Å². The van der Waals surface area contributed by atoms with Crippen LogP contribution in [0.2, 0.25) is 0 Å². The van der Waals surface area contributed by atoms with Crippen molar-refractivity contribution in [2.45, 2.75) is 19.9 Å². The highest BCUT2D eigenvalue weighted by molar-refractivity contribution is 7.92. The highest BCUT2D eigenvalue weighted by Gasteiger charge is 2.24. The van der Waals surface area contributed by atoms with Gasteiger partial charge in [0.2, 0.25) is 15.9 Å². The summed E-state index contributed by atoms with van der Waals surface area (Å²) >= 11 is 0. The minimum atomic E-state index is -3.66. The third-order valence-corrected chi connectivity index (χ3v) is 6.16. The summed E-state index contributed by atoms with van der Waals surface area (Å²) in [5.41, 5.74) is 3.03. The molecular weight excluding hydrogens is 424 g/mol. The standard InChI is InChI=1S/C25H28N2O4S/c1-4-31-22-16-14-21(15-17-22)25(20-11-6-5-7-12-20)26-24(28)18-27(32(3,29)30)23-13-9-8-10-19(23)2/h5-17,25H,4,18H2,1-3H3,(H,26,28). The molecule has 0 fully saturated rings. The maximum absolute atomic E-state index is 13.1. The van der Waals surface area contributed by atoms with Crippen molar-refractivity contribution in [3.05, 3.63) is 95.6 Å². The molecule has 0 spiro atoms. The number of benzene rings is 3. The predicted octanol–water partition coefficient (Wildman–Crippen LogP) is 4.07. The van der Waals surface area contributed by atoms with Crippen LogP contribution in [0.4, 0.5) is 5.69 Å². The molecule has 0 saturated carbocycles. The van der Waals surface area contributed by atoms with Gasteiger partial charge in [0.15, 0.2) is 0 Å². The van der Waals surface area contributed by atoms with Crippen LogP contribution in [0, 0.1) is 6.92 Å². The van der Waals surface area contributed by atoms with Crippen molar-refractivity contribution in [2.24, 2.45) is 0 Å². The van der Waals surface area contributed by atoms with E-state index in [0.717, 1.165) is 33.0 Å². The molecule has 0 aliphatic carbocycles. The Morgan fingerprint density at radius 3 is 2.12 bits per heavy atom. The molecule has 7 heteroatoms. The van der Waals surface area contributed by atoms with Gasteiger partial charge < -0.3 is 10.1 Å². The van der Waals surface area contributed by atoms with E-state index in [1.807, 2.05) is 80.6 Å². The highest BCUT2D eigenvalue weighted by Crippen LogP contribution is 2.25. The van der Waals surface area contributed by atoms with Gasteiger partial charge in [0.1, 0.15) is 12.3 Å². The summed E-state index contributed by atoms with van der Waals surface area (Å²) in [5.74, 6) is 0.346. The molecule has 3 rings (SSSR count). The number of nitrogens with one attached hydrogen (secondary N) is 1. The first-order chi connectivity index (χ1) is 15.3. The average Bonchev–Trinajstić information content (AvgIpc) is 2.77. The number of carbonyl (C=O) groups is 1. The molecule has 6 nitrogen and oxygen atoms in total. The fourth-order valence-electron chi connectivity index (χ4n) is 3.49. The minimum absolute atomic E-state index is 0.315. The van der Waals surface area contributed by atoms with Crippen LogP contribution in [0.1, 0.15) is 29.7 Å². The van der Waals surface area contributed by atoms with Gasteiger partial charge in [-0.05, 0) is 48.7 Å². The smallest absolute Gasteiger partial charge is 0.241 e. The highest BCUT2D eigenvalue weighted by atomic mass is 32.2. The van der Waals surface area contributed by atoms with Crippen molar-refractivity contribution in [3.63, 3.8) is 0 Å². The molecule has 3 aromatic rings. The zero-order chi connectivity index (χ0) is 23.1. The van der Waals surface area contributed by atoms with Crippen LogP contribution in [0.3, 0.4) is 0 Å². The van der Waals surface area contributed by atoms with Crippen molar-refractivity contribution < 1.29 is 17.9 Å². The number of hydrogen-bond donors (Lipinski definition) is 1. The van der Waals surface area contributed by atoms with Gasteiger partial charge in [0.05, 0.1) is 24.6 Å². The third kappa shape index (κ3) is 5.88. The molecule has 3 aromatic carbocycles. The Morgan fingerprint density at radius 2 is 1.53 bits per heavy atom. The number of rotatable bonds is 9. The quantitative estimate of drug-likeness (QED) is 0.531. The lowest BCUT2D eigenvalue weighted by Crippen LogP contribution is -2.42. The lowest BCUT2D eigenvalue weighted by atomic mass is 9.98. The molecule has 0 bridgehead atoms. The Kier molecular flexibility index (Phi) is 7.53. The second kappa shape index (κ2) is 10.3. The molecule has 0 aromatic heterocycles. The largest absolute Gasteiger partial charge is 0.494 e. The van der Waals surface area contributed by atoms with Gasteiger partial charge in [-0.2, -0.15) is 0 Å². The fraction of sp³-hybridized carbons (Fsp3) is 0.240. The van der Waals surface area contributed by atoms with Crippen molar-refractivity contribution in [1.29, 1.82) is 0 Å². The molecule has 1 amide bonds. The summed E-state index contributed by atoms with van der Waals surface area (Å²) in [6.45, 7) is 3.99. The second-order valence-corrected chi connectivity index (χ2v) is 9.38. The maximum atomic E-state index is 13.1. The number of aryl methyl sites for hydroxylation is 1. The first-order valence-corrected chi connectivity index (χ1v) is 12.2. The number of nitrogens with zero attached hydrogens (tertiary/aromatic N) is 1. The monoisotopic (exact) mass is 452 g/mol. The minimum Gasteiger partial charge on any atom is -0.494 e. The molecular formula is C25H28N2O4S. The van der Waals surface area contributed by atoms with E-state index in [1.165, 1.54) is 0 Å². The fourth-order valence-corrected chi connectivity index (χ4v) is 4.40. The zero-order valence-electron chi connectivity index (χ0n) is 18.5. The van der Waals surface area contributed by atoms with E-state index >= 15 is 0 Å². The molecule has 0 heterocycles. The lowest BCUT2D eigenvalue weighted by Gasteiger charge is -2.26. The van der Waals surface area contributed by atoms with Gasteiger partial charge in [-0.25, -0.2) is 8.42 Å². The number of sulfonamides is 1. The predicted molar refractivity (Wildman–Crippen MR) is 127 cm³/mol. The van der Waals surface area contributed by atoms with Crippen molar-refractivity contribution in [3.8, 4) is 5.75 Å². The van der Waals surface area contributed by atoms with Crippen LogP contribution in [0.25, 0.3) is 0 Å². The average molecular weight is 453 g/mol. The first-order valence-electron chi connectivity index (χ1n) is 10.4. The topological polar surface area (TPSA) is 75.7 Å². The van der Waals surface area contributed by atoms with Crippen LogP contribution in [0.5, 0.6) is 5.75 Å². The summed E-state index contributed by atoms with van der Waals surface area (Å²) in [5, 5.41) is 3.01. The van der Waals surface area contributed by atoms with Gasteiger partial charge in [-0.15, -0.1) is 0 Å². The summed E-state index contributed by atoms with van der Waals surface area (Å²) < 4.78 is 31.6. The summed E-state index contributed by atoms with van der Waals surface area (Å²) in [6, 6.07) is 23.8. The van der Waals surface area contributed by atoms with Gasteiger partial charge in [0.25, 0.3) is 0 Å². The van der Waals surface area contributed by atoms with Gasteiger partial charge in [-0.3, -0.25) is 9.10 Å². The SMILES string of the molecule is CCOc1ccc(C(NC(=O)CN(c2ccccc2C)S(C)(=O)=O)c2ccccc2)cc1. The van der Waals surface area contributed by atoms with E-state index in [4.69, 9.17) is 4.74 Å². The Morgan fingerprint density at radius 1 is 0.938 bits per heavy atom. The lowest BCUT2D eigenvalue weighted by molar-refractivity contribution is -0.120. The molecule has 0 saturated heterocycles. The maximum Gasteiger partial charge on any atom is 0.241 e. The van der Waals surface area contributed by atoms with Crippen LogP contribution < -0.4 is 14.4 Å². The van der Waals surface area contributed by atoms with Crippen molar-refractivity contribution >= 4 is 21.6 Å². The number of amides is 1. The summed E-state index contributed by atoms with van der Waals surface area (Å²) in [7, 11) is -3.66. The first kappa shape index (κ1) is 23.3. The van der Waals surface area contributed by atoms with Crippen molar-refractivity contribution in [2.75, 3.05) is 23.7 Å². The van der Waals surface area contributed by atoms with Crippen molar-refractivity contribution in [1.82, 2.24) is 5.32 Å². The molecule has 0 aliphatic heterocycles. The second-order valence-electron chi connectivity index (χ2n) is 7.47. The third-order valence-electron chi connectivity index (χ3n) is 5.03. The number of anilines is 1. The van der Waals surface area contributed by atoms with Crippen LogP contribution >= 0.6 is 0 Å². The van der Waals surface area contributed by atoms with E-state index in [0.29, 0.717) is 12.3 Å². The molecule has 0 aliphatic rings. The molecule has 168 valence electrons. The van der Waals surface area contributed by atoms with E-state index in [-0.39, 0.29) is 6.54 Å². The summed E-state index contributed by atoms with van der Waals surface area (Å²) in [4.78, 5) is 13.1. The molecule has 1 atom stereocenters. The Hall–Kier alpha value is -3.32. The Balaban J connectivity index is 1.88.